The van der Waals surface area contributed by atoms with Gasteiger partial charge in [0.2, 0.25) is 0 Å². The Bertz CT molecular complexity index is 1110. The Balaban J connectivity index is 1.93. The third kappa shape index (κ3) is 2.73. The topological polar surface area (TPSA) is 127 Å². The molecule has 0 amide bonds. The zero-order valence-electron chi connectivity index (χ0n) is 14.0. The maximum absolute atomic E-state index is 13.0. The molecule has 0 aromatic heterocycles. The Kier molecular flexibility index (Phi) is 3.82. The molecule has 0 atom stereocenters. The van der Waals surface area contributed by atoms with Crippen molar-refractivity contribution < 1.29 is 38.9 Å². The SMILES string of the molecule is O=C(O)Oc1cc2c(cc1OC(=O)O)C(=O)c1cc3ccccc3cc1C2=O. The molecule has 0 radical (unpaired) electrons. The molecular formula is C20H10O8. The molecule has 8 nitrogen and oxygen atoms in total. The standard InChI is InChI=1S/C20H10O8/c21-17-11-5-9-3-1-2-4-10(9)6-12(11)18(22)14-8-16(28-20(25)26)15(7-13(14)17)27-19(23)24/h1-8H,(H,23,24)(H,25,26). The van der Waals surface area contributed by atoms with Crippen LogP contribution in [0.2, 0.25) is 0 Å². The van der Waals surface area contributed by atoms with Gasteiger partial charge in [-0.25, -0.2) is 9.59 Å². The summed E-state index contributed by atoms with van der Waals surface area (Å²) in [5.74, 6) is -2.02. The van der Waals surface area contributed by atoms with Crippen molar-refractivity contribution in [1.82, 2.24) is 0 Å². The van der Waals surface area contributed by atoms with Crippen molar-refractivity contribution >= 4 is 34.6 Å². The molecule has 1 aliphatic rings. The van der Waals surface area contributed by atoms with Crippen LogP contribution in [0.15, 0.2) is 48.5 Å². The lowest BCUT2D eigenvalue weighted by atomic mass is 9.82. The highest BCUT2D eigenvalue weighted by atomic mass is 16.7. The molecule has 28 heavy (non-hydrogen) atoms. The molecule has 3 aromatic carbocycles. The van der Waals surface area contributed by atoms with Crippen molar-refractivity contribution in [2.24, 2.45) is 0 Å². The summed E-state index contributed by atoms with van der Waals surface area (Å²) in [5, 5.41) is 19.2. The van der Waals surface area contributed by atoms with Gasteiger partial charge < -0.3 is 19.7 Å². The maximum atomic E-state index is 13.0. The van der Waals surface area contributed by atoms with Gasteiger partial charge in [0.15, 0.2) is 23.1 Å². The largest absolute Gasteiger partial charge is 0.511 e. The van der Waals surface area contributed by atoms with E-state index in [1.807, 2.05) is 0 Å². The number of ketones is 2. The van der Waals surface area contributed by atoms with Crippen LogP contribution < -0.4 is 9.47 Å². The van der Waals surface area contributed by atoms with Crippen LogP contribution in [-0.4, -0.2) is 34.1 Å². The first-order chi connectivity index (χ1) is 13.3. The van der Waals surface area contributed by atoms with E-state index in [0.717, 1.165) is 22.9 Å². The molecule has 0 fully saturated rings. The Morgan fingerprint density at radius 3 is 1.36 bits per heavy atom. The van der Waals surface area contributed by atoms with Crippen LogP contribution >= 0.6 is 0 Å². The minimum Gasteiger partial charge on any atom is -0.449 e. The lowest BCUT2D eigenvalue weighted by molar-refractivity contribution is 0.0978. The first-order valence-corrected chi connectivity index (χ1v) is 7.97. The molecule has 4 rings (SSSR count). The van der Waals surface area contributed by atoms with E-state index in [4.69, 9.17) is 10.2 Å². The fourth-order valence-electron chi connectivity index (χ4n) is 3.19. The molecule has 0 bridgehead atoms. The van der Waals surface area contributed by atoms with Gasteiger partial charge in [0.05, 0.1) is 0 Å². The van der Waals surface area contributed by atoms with Crippen LogP contribution in [0, 0.1) is 0 Å². The molecule has 8 heteroatoms. The van der Waals surface area contributed by atoms with Gasteiger partial charge in [-0.05, 0) is 35.0 Å². The molecular weight excluding hydrogens is 368 g/mol. The van der Waals surface area contributed by atoms with Gasteiger partial charge in [-0.1, -0.05) is 24.3 Å². The van der Waals surface area contributed by atoms with Crippen molar-refractivity contribution in [2.75, 3.05) is 0 Å². The number of hydrogen-bond acceptors (Lipinski definition) is 6. The van der Waals surface area contributed by atoms with E-state index in [1.165, 1.54) is 0 Å². The minimum absolute atomic E-state index is 0.0956. The molecule has 138 valence electrons. The predicted octanol–water partition coefficient (Wildman–Crippen LogP) is 3.73. The van der Waals surface area contributed by atoms with E-state index in [0.29, 0.717) is 0 Å². The molecule has 3 aromatic rings. The maximum Gasteiger partial charge on any atom is 0.511 e. The summed E-state index contributed by atoms with van der Waals surface area (Å²) in [6.07, 6.45) is -3.45. The summed E-state index contributed by atoms with van der Waals surface area (Å²) < 4.78 is 9.04. The summed E-state index contributed by atoms with van der Waals surface area (Å²) >= 11 is 0. The summed E-state index contributed by atoms with van der Waals surface area (Å²) in [5.41, 5.74) is 0.150. The molecule has 0 spiro atoms. The van der Waals surface area contributed by atoms with Crippen LogP contribution in [-0.2, 0) is 0 Å². The van der Waals surface area contributed by atoms with Gasteiger partial charge in [0.1, 0.15) is 0 Å². The van der Waals surface area contributed by atoms with E-state index < -0.39 is 35.4 Å². The molecule has 0 heterocycles. The predicted molar refractivity (Wildman–Crippen MR) is 94.6 cm³/mol. The summed E-state index contributed by atoms with van der Waals surface area (Å²) in [6, 6.07) is 12.4. The Hall–Kier alpha value is -4.20. The van der Waals surface area contributed by atoms with Gasteiger partial charge in [-0.15, -0.1) is 0 Å². The lowest BCUT2D eigenvalue weighted by Gasteiger charge is -2.20. The average molecular weight is 378 g/mol. The van der Waals surface area contributed by atoms with Gasteiger partial charge >= 0.3 is 12.3 Å². The smallest absolute Gasteiger partial charge is 0.449 e. The zero-order valence-corrected chi connectivity index (χ0v) is 14.0. The van der Waals surface area contributed by atoms with Crippen LogP contribution in [0.3, 0.4) is 0 Å². The fraction of sp³-hybridized carbons (Fsp3) is 0. The van der Waals surface area contributed by atoms with E-state index >= 15 is 0 Å². The number of carboxylic acid groups (broad SMARTS) is 2. The molecule has 0 unspecified atom stereocenters. The average Bonchev–Trinajstić information content (AvgIpc) is 2.65. The van der Waals surface area contributed by atoms with E-state index in [1.54, 1.807) is 36.4 Å². The van der Waals surface area contributed by atoms with Gasteiger partial charge in [-0.2, -0.15) is 0 Å². The second-order valence-corrected chi connectivity index (χ2v) is 5.98. The van der Waals surface area contributed by atoms with Crippen molar-refractivity contribution in [3.63, 3.8) is 0 Å². The van der Waals surface area contributed by atoms with Crippen molar-refractivity contribution in [1.29, 1.82) is 0 Å². The van der Waals surface area contributed by atoms with Gasteiger partial charge in [-0.3, -0.25) is 9.59 Å². The zero-order chi connectivity index (χ0) is 20.0. The highest BCUT2D eigenvalue weighted by Gasteiger charge is 2.32. The number of ether oxygens (including phenoxy) is 2. The summed E-state index contributed by atoms with van der Waals surface area (Å²) in [4.78, 5) is 47.7. The van der Waals surface area contributed by atoms with Gasteiger partial charge in [0, 0.05) is 22.3 Å². The quantitative estimate of drug-likeness (QED) is 0.399. The number of fused-ring (bicyclic) bond motifs is 3. The highest BCUT2D eigenvalue weighted by molar-refractivity contribution is 6.29. The highest BCUT2D eigenvalue weighted by Crippen LogP contribution is 2.37. The minimum atomic E-state index is -1.73. The third-order valence-corrected chi connectivity index (χ3v) is 4.34. The number of carbonyl (C=O) groups is 4. The van der Waals surface area contributed by atoms with Crippen LogP contribution in [0.1, 0.15) is 31.8 Å². The van der Waals surface area contributed by atoms with E-state index in [2.05, 4.69) is 9.47 Å². The molecule has 0 saturated heterocycles. The van der Waals surface area contributed by atoms with Crippen LogP contribution in [0.25, 0.3) is 10.8 Å². The number of benzene rings is 3. The summed E-state index contributed by atoms with van der Waals surface area (Å²) in [7, 11) is 0. The summed E-state index contributed by atoms with van der Waals surface area (Å²) in [6.45, 7) is 0. The van der Waals surface area contributed by atoms with E-state index in [9.17, 15) is 19.2 Å². The Labute approximate surface area is 156 Å². The monoisotopic (exact) mass is 378 g/mol. The van der Waals surface area contributed by atoms with Crippen LogP contribution in [0.4, 0.5) is 9.59 Å². The Morgan fingerprint density at radius 2 is 1.00 bits per heavy atom. The second kappa shape index (κ2) is 6.20. The van der Waals surface area contributed by atoms with Crippen molar-refractivity contribution in [3.8, 4) is 11.5 Å². The second-order valence-electron chi connectivity index (χ2n) is 5.98. The van der Waals surface area contributed by atoms with E-state index in [-0.39, 0.29) is 22.3 Å². The number of hydrogen-bond donors (Lipinski definition) is 2. The molecule has 0 aliphatic heterocycles. The molecule has 1 aliphatic carbocycles. The van der Waals surface area contributed by atoms with Crippen LogP contribution in [0.5, 0.6) is 11.5 Å². The first-order valence-electron chi connectivity index (χ1n) is 7.97. The van der Waals surface area contributed by atoms with Gasteiger partial charge in [0.25, 0.3) is 0 Å². The normalized spacial score (nSPS) is 12.3. The molecule has 0 saturated carbocycles. The Morgan fingerprint density at radius 1 is 0.643 bits per heavy atom. The first kappa shape index (κ1) is 17.2. The van der Waals surface area contributed by atoms with Crippen molar-refractivity contribution in [2.45, 2.75) is 0 Å². The van der Waals surface area contributed by atoms with Crippen molar-refractivity contribution in [3.05, 3.63) is 70.8 Å². The number of carbonyl (C=O) groups excluding carboxylic acids is 2. The number of rotatable bonds is 2. The lowest BCUT2D eigenvalue weighted by Crippen LogP contribution is -2.22. The molecule has 2 N–H and O–H groups in total. The third-order valence-electron chi connectivity index (χ3n) is 4.34. The fourth-order valence-corrected chi connectivity index (χ4v) is 3.19.